The molecule has 1 amide bonds. The summed E-state index contributed by atoms with van der Waals surface area (Å²) < 4.78 is 1.91. The largest absolute Gasteiger partial charge is 0.357 e. The van der Waals surface area contributed by atoms with Crippen LogP contribution in [0.2, 0.25) is 0 Å². The molecule has 0 radical (unpaired) electrons. The van der Waals surface area contributed by atoms with E-state index < -0.39 is 0 Å². The van der Waals surface area contributed by atoms with Gasteiger partial charge >= 0.3 is 0 Å². The number of carbonyl (C=O) groups is 1. The maximum absolute atomic E-state index is 12.3. The van der Waals surface area contributed by atoms with Crippen molar-refractivity contribution in [1.29, 1.82) is 0 Å². The van der Waals surface area contributed by atoms with Crippen molar-refractivity contribution in [2.24, 2.45) is 4.99 Å². The van der Waals surface area contributed by atoms with Gasteiger partial charge in [-0.05, 0) is 38.3 Å². The molecule has 1 saturated heterocycles. The van der Waals surface area contributed by atoms with Crippen LogP contribution in [0.15, 0.2) is 29.4 Å². The topological polar surface area (TPSA) is 86.9 Å². The van der Waals surface area contributed by atoms with E-state index in [2.05, 4.69) is 25.8 Å². The summed E-state index contributed by atoms with van der Waals surface area (Å²) in [5.74, 6) is 1.49. The lowest BCUT2D eigenvalue weighted by molar-refractivity contribution is -0.130. The third-order valence-corrected chi connectivity index (χ3v) is 4.22. The molecule has 0 atom stereocenters. The second-order valence-electron chi connectivity index (χ2n) is 6.04. The average molecular weight is 343 g/mol. The van der Waals surface area contributed by atoms with Gasteiger partial charge in [0.25, 0.3) is 0 Å². The van der Waals surface area contributed by atoms with Crippen molar-refractivity contribution in [3.05, 3.63) is 30.2 Å². The van der Waals surface area contributed by atoms with E-state index in [-0.39, 0.29) is 12.5 Å². The van der Waals surface area contributed by atoms with Crippen LogP contribution in [-0.4, -0.2) is 57.5 Å². The standard InChI is InChI=1S/C17H25N7O/c1-2-18-17(20-13-16(25)23-9-5-3-6-10-23)19-12-15-22-21-14-8-4-7-11-24(14)15/h4,7-8,11H,2-3,5-6,9-10,12-13H2,1H3,(H2,18,19,20). The smallest absolute Gasteiger partial charge is 0.241 e. The predicted molar refractivity (Wildman–Crippen MR) is 96.2 cm³/mol. The number of hydrogen-bond donors (Lipinski definition) is 2. The van der Waals surface area contributed by atoms with Gasteiger partial charge in [0.2, 0.25) is 5.91 Å². The van der Waals surface area contributed by atoms with E-state index in [1.807, 2.05) is 40.6 Å². The first-order valence-electron chi connectivity index (χ1n) is 8.86. The second kappa shape index (κ2) is 8.46. The highest BCUT2D eigenvalue weighted by Gasteiger charge is 2.16. The summed E-state index contributed by atoms with van der Waals surface area (Å²) >= 11 is 0. The minimum absolute atomic E-state index is 0.123. The van der Waals surface area contributed by atoms with Gasteiger partial charge in [-0.15, -0.1) is 10.2 Å². The van der Waals surface area contributed by atoms with Gasteiger partial charge in [0, 0.05) is 25.8 Å². The first-order valence-corrected chi connectivity index (χ1v) is 8.86. The Morgan fingerprint density at radius 2 is 2.04 bits per heavy atom. The number of fused-ring (bicyclic) bond motifs is 1. The molecule has 0 unspecified atom stereocenters. The highest BCUT2D eigenvalue weighted by atomic mass is 16.2. The molecule has 0 saturated carbocycles. The third kappa shape index (κ3) is 4.46. The monoisotopic (exact) mass is 343 g/mol. The number of aliphatic imine (C=N–C) groups is 1. The SMILES string of the molecule is CCNC(=NCc1nnc2ccccn12)NCC(=O)N1CCCCC1. The minimum Gasteiger partial charge on any atom is -0.357 e. The van der Waals surface area contributed by atoms with Crippen molar-refractivity contribution < 1.29 is 4.79 Å². The molecule has 2 aromatic rings. The van der Waals surface area contributed by atoms with Crippen molar-refractivity contribution >= 4 is 17.5 Å². The van der Waals surface area contributed by atoms with Crippen molar-refractivity contribution in [3.8, 4) is 0 Å². The van der Waals surface area contributed by atoms with Gasteiger partial charge in [0.15, 0.2) is 17.4 Å². The molecular weight excluding hydrogens is 318 g/mol. The van der Waals surface area contributed by atoms with Crippen LogP contribution in [0, 0.1) is 0 Å². The lowest BCUT2D eigenvalue weighted by atomic mass is 10.1. The van der Waals surface area contributed by atoms with E-state index in [0.29, 0.717) is 12.5 Å². The van der Waals surface area contributed by atoms with Gasteiger partial charge in [-0.1, -0.05) is 6.07 Å². The summed E-state index contributed by atoms with van der Waals surface area (Å²) in [5, 5.41) is 14.6. The maximum atomic E-state index is 12.3. The summed E-state index contributed by atoms with van der Waals surface area (Å²) in [5.41, 5.74) is 0.797. The molecule has 1 aliphatic heterocycles. The van der Waals surface area contributed by atoms with Gasteiger partial charge in [-0.2, -0.15) is 0 Å². The Balaban J connectivity index is 1.60. The molecule has 1 fully saturated rings. The molecule has 0 bridgehead atoms. The molecule has 3 rings (SSSR count). The van der Waals surface area contributed by atoms with Crippen LogP contribution >= 0.6 is 0 Å². The van der Waals surface area contributed by atoms with Crippen molar-refractivity contribution in [1.82, 2.24) is 30.1 Å². The molecule has 2 N–H and O–H groups in total. The predicted octanol–water partition coefficient (Wildman–Crippen LogP) is 0.797. The third-order valence-electron chi connectivity index (χ3n) is 4.22. The Bertz CT molecular complexity index is 733. The van der Waals surface area contributed by atoms with E-state index >= 15 is 0 Å². The fourth-order valence-electron chi connectivity index (χ4n) is 2.90. The van der Waals surface area contributed by atoms with Gasteiger partial charge in [-0.25, -0.2) is 4.99 Å². The summed E-state index contributed by atoms with van der Waals surface area (Å²) in [6.07, 6.45) is 5.33. The zero-order chi connectivity index (χ0) is 17.5. The quantitative estimate of drug-likeness (QED) is 0.619. The molecule has 25 heavy (non-hydrogen) atoms. The lowest BCUT2D eigenvalue weighted by Gasteiger charge is -2.27. The van der Waals surface area contributed by atoms with E-state index in [9.17, 15) is 4.79 Å². The Kier molecular flexibility index (Phi) is 5.81. The van der Waals surface area contributed by atoms with Crippen molar-refractivity contribution in [2.75, 3.05) is 26.2 Å². The number of piperidine rings is 1. The number of pyridine rings is 1. The highest BCUT2D eigenvalue weighted by Crippen LogP contribution is 2.08. The van der Waals surface area contributed by atoms with Gasteiger partial charge in [-0.3, -0.25) is 9.20 Å². The van der Waals surface area contributed by atoms with Gasteiger partial charge < -0.3 is 15.5 Å². The molecule has 8 nitrogen and oxygen atoms in total. The van der Waals surface area contributed by atoms with E-state index in [1.54, 1.807) is 0 Å². The Hall–Kier alpha value is -2.64. The van der Waals surface area contributed by atoms with Crippen molar-refractivity contribution in [2.45, 2.75) is 32.7 Å². The summed E-state index contributed by atoms with van der Waals surface area (Å²) in [6, 6.07) is 5.76. The number of nitrogens with one attached hydrogen (secondary N) is 2. The maximum Gasteiger partial charge on any atom is 0.241 e. The van der Waals surface area contributed by atoms with Gasteiger partial charge in [0.05, 0.1) is 6.54 Å². The molecule has 134 valence electrons. The Labute approximate surface area is 147 Å². The number of likely N-dealkylation sites (tertiary alicyclic amines) is 1. The van der Waals surface area contributed by atoms with Crippen LogP contribution in [0.5, 0.6) is 0 Å². The highest BCUT2D eigenvalue weighted by molar-refractivity contribution is 5.86. The molecule has 3 heterocycles. The fourth-order valence-corrected chi connectivity index (χ4v) is 2.90. The first-order chi connectivity index (χ1) is 12.3. The van der Waals surface area contributed by atoms with E-state index in [4.69, 9.17) is 0 Å². The summed E-state index contributed by atoms with van der Waals surface area (Å²) in [4.78, 5) is 18.7. The Morgan fingerprint density at radius 3 is 2.84 bits per heavy atom. The molecule has 8 heteroatoms. The molecule has 1 aliphatic rings. The van der Waals surface area contributed by atoms with Crippen molar-refractivity contribution in [3.63, 3.8) is 0 Å². The Morgan fingerprint density at radius 1 is 1.20 bits per heavy atom. The molecule has 2 aromatic heterocycles. The summed E-state index contributed by atoms with van der Waals surface area (Å²) in [6.45, 7) is 5.09. The van der Waals surface area contributed by atoms with Crippen LogP contribution in [0.25, 0.3) is 5.65 Å². The second-order valence-corrected chi connectivity index (χ2v) is 6.04. The number of carbonyl (C=O) groups excluding carboxylic acids is 1. The van der Waals surface area contributed by atoms with E-state index in [0.717, 1.165) is 43.9 Å². The van der Waals surface area contributed by atoms with Gasteiger partial charge in [0.1, 0.15) is 6.54 Å². The van der Waals surface area contributed by atoms with Crippen LogP contribution in [0.4, 0.5) is 0 Å². The normalized spacial score (nSPS) is 15.4. The molecular formula is C17H25N7O. The average Bonchev–Trinajstić information content (AvgIpc) is 3.07. The fraction of sp³-hybridized carbons (Fsp3) is 0.529. The first kappa shape index (κ1) is 17.2. The zero-order valence-corrected chi connectivity index (χ0v) is 14.6. The van der Waals surface area contributed by atoms with Crippen LogP contribution < -0.4 is 10.6 Å². The molecule has 0 aliphatic carbocycles. The van der Waals surface area contributed by atoms with Crippen LogP contribution in [-0.2, 0) is 11.3 Å². The number of nitrogens with zero attached hydrogens (tertiary/aromatic N) is 5. The number of aromatic nitrogens is 3. The minimum atomic E-state index is 0.123. The molecule has 0 spiro atoms. The van der Waals surface area contributed by atoms with E-state index in [1.165, 1.54) is 6.42 Å². The lowest BCUT2D eigenvalue weighted by Crippen LogP contribution is -2.46. The number of rotatable bonds is 5. The number of guanidine groups is 1. The zero-order valence-electron chi connectivity index (χ0n) is 14.6. The summed E-state index contributed by atoms with van der Waals surface area (Å²) in [7, 11) is 0. The van der Waals surface area contributed by atoms with Crippen LogP contribution in [0.1, 0.15) is 32.0 Å². The number of hydrogen-bond acceptors (Lipinski definition) is 4. The van der Waals surface area contributed by atoms with Crippen LogP contribution in [0.3, 0.4) is 0 Å². The molecule has 0 aromatic carbocycles. The number of amides is 1.